The standard InChI is InChI=1S/C22H18N2O3/c1-13-4-8-19(25)15(9-13)12-23-16-5-6-17(20(26)11-16)22-24-18-7-3-14(2)10-21(18)27-22/h3-12,25-26H,1-2H3. The number of aromatic hydroxyl groups is 2. The molecule has 0 aliphatic heterocycles. The molecule has 5 heteroatoms. The Balaban J connectivity index is 1.65. The zero-order valence-electron chi connectivity index (χ0n) is 15.0. The topological polar surface area (TPSA) is 78.9 Å². The number of phenols is 2. The lowest BCUT2D eigenvalue weighted by Gasteiger charge is -2.02. The molecule has 1 heterocycles. The van der Waals surface area contributed by atoms with E-state index in [9.17, 15) is 10.2 Å². The van der Waals surface area contributed by atoms with Gasteiger partial charge in [0.05, 0.1) is 11.3 Å². The summed E-state index contributed by atoms with van der Waals surface area (Å²) in [6.07, 6.45) is 1.57. The molecule has 0 bridgehead atoms. The molecule has 0 spiro atoms. The molecular formula is C22H18N2O3. The van der Waals surface area contributed by atoms with Crippen molar-refractivity contribution in [3.8, 4) is 23.0 Å². The van der Waals surface area contributed by atoms with Gasteiger partial charge in [-0.25, -0.2) is 4.98 Å². The first kappa shape index (κ1) is 16.8. The highest BCUT2D eigenvalue weighted by Crippen LogP contribution is 2.34. The fourth-order valence-corrected chi connectivity index (χ4v) is 2.85. The molecule has 4 rings (SSSR count). The van der Waals surface area contributed by atoms with Gasteiger partial charge in [-0.15, -0.1) is 0 Å². The van der Waals surface area contributed by atoms with Crippen molar-refractivity contribution in [3.05, 3.63) is 71.3 Å². The average Bonchev–Trinajstić information content (AvgIpc) is 3.05. The van der Waals surface area contributed by atoms with Gasteiger partial charge in [-0.05, 0) is 55.8 Å². The van der Waals surface area contributed by atoms with Crippen LogP contribution in [-0.2, 0) is 0 Å². The lowest BCUT2D eigenvalue weighted by Crippen LogP contribution is -1.84. The third kappa shape index (κ3) is 3.40. The van der Waals surface area contributed by atoms with Gasteiger partial charge in [-0.2, -0.15) is 0 Å². The summed E-state index contributed by atoms with van der Waals surface area (Å²) < 4.78 is 5.77. The molecule has 0 aliphatic carbocycles. The number of hydrogen-bond acceptors (Lipinski definition) is 5. The third-order valence-corrected chi connectivity index (χ3v) is 4.29. The van der Waals surface area contributed by atoms with Crippen molar-refractivity contribution in [2.45, 2.75) is 13.8 Å². The van der Waals surface area contributed by atoms with Gasteiger partial charge in [-0.1, -0.05) is 17.7 Å². The quantitative estimate of drug-likeness (QED) is 0.489. The first-order chi connectivity index (χ1) is 13.0. The van der Waals surface area contributed by atoms with E-state index in [0.29, 0.717) is 28.3 Å². The van der Waals surface area contributed by atoms with Crippen LogP contribution < -0.4 is 0 Å². The second-order valence-electron chi connectivity index (χ2n) is 6.51. The molecule has 0 radical (unpaired) electrons. The lowest BCUT2D eigenvalue weighted by molar-refractivity contribution is 0.474. The normalized spacial score (nSPS) is 11.5. The van der Waals surface area contributed by atoms with Crippen LogP contribution in [0.3, 0.4) is 0 Å². The Hall–Kier alpha value is -3.60. The number of rotatable bonds is 3. The molecule has 0 saturated carbocycles. The van der Waals surface area contributed by atoms with Crippen molar-refractivity contribution in [1.82, 2.24) is 4.98 Å². The van der Waals surface area contributed by atoms with Gasteiger partial charge in [0.15, 0.2) is 5.58 Å². The molecule has 0 saturated heterocycles. The molecule has 0 fully saturated rings. The summed E-state index contributed by atoms with van der Waals surface area (Å²) in [7, 11) is 0. The van der Waals surface area contributed by atoms with Crippen molar-refractivity contribution in [3.63, 3.8) is 0 Å². The Morgan fingerprint density at radius 3 is 2.48 bits per heavy atom. The fourth-order valence-electron chi connectivity index (χ4n) is 2.85. The van der Waals surface area contributed by atoms with E-state index in [1.165, 1.54) is 0 Å². The highest BCUT2D eigenvalue weighted by Gasteiger charge is 2.13. The van der Waals surface area contributed by atoms with Crippen molar-refractivity contribution >= 4 is 23.0 Å². The van der Waals surface area contributed by atoms with E-state index in [-0.39, 0.29) is 11.5 Å². The minimum Gasteiger partial charge on any atom is -0.507 e. The Morgan fingerprint density at radius 2 is 1.67 bits per heavy atom. The van der Waals surface area contributed by atoms with Gasteiger partial charge in [0, 0.05) is 17.8 Å². The number of hydrogen-bond donors (Lipinski definition) is 2. The van der Waals surface area contributed by atoms with Crippen LogP contribution >= 0.6 is 0 Å². The first-order valence-corrected chi connectivity index (χ1v) is 8.54. The van der Waals surface area contributed by atoms with Gasteiger partial charge in [0.1, 0.15) is 17.0 Å². The molecule has 4 aromatic rings. The van der Waals surface area contributed by atoms with E-state index in [1.54, 1.807) is 30.5 Å². The van der Waals surface area contributed by atoms with E-state index in [0.717, 1.165) is 16.6 Å². The second-order valence-corrected chi connectivity index (χ2v) is 6.51. The first-order valence-electron chi connectivity index (χ1n) is 8.54. The van der Waals surface area contributed by atoms with E-state index >= 15 is 0 Å². The average molecular weight is 358 g/mol. The van der Waals surface area contributed by atoms with Crippen LogP contribution in [0.25, 0.3) is 22.6 Å². The molecule has 1 aromatic heterocycles. The zero-order chi connectivity index (χ0) is 19.0. The summed E-state index contributed by atoms with van der Waals surface area (Å²) in [5, 5.41) is 20.3. The van der Waals surface area contributed by atoms with Gasteiger partial charge in [0.2, 0.25) is 5.89 Å². The van der Waals surface area contributed by atoms with Crippen LogP contribution in [0.1, 0.15) is 16.7 Å². The van der Waals surface area contributed by atoms with Gasteiger partial charge < -0.3 is 14.6 Å². The van der Waals surface area contributed by atoms with E-state index in [2.05, 4.69) is 9.98 Å². The van der Waals surface area contributed by atoms with Crippen molar-refractivity contribution < 1.29 is 14.6 Å². The Kier molecular flexibility index (Phi) is 4.12. The number of aryl methyl sites for hydroxylation is 2. The number of oxazole rings is 1. The van der Waals surface area contributed by atoms with Crippen LogP contribution in [0.4, 0.5) is 5.69 Å². The minimum atomic E-state index is 0.0291. The monoisotopic (exact) mass is 358 g/mol. The maximum absolute atomic E-state index is 10.4. The van der Waals surface area contributed by atoms with Gasteiger partial charge >= 0.3 is 0 Å². The smallest absolute Gasteiger partial charge is 0.231 e. The predicted octanol–water partition coefficient (Wildman–Crippen LogP) is 5.27. The van der Waals surface area contributed by atoms with Crippen LogP contribution in [0, 0.1) is 13.8 Å². The number of phenolic OH excluding ortho intramolecular Hbond substituents is 2. The SMILES string of the molecule is Cc1ccc(O)c(C=Nc2ccc(-c3nc4ccc(C)cc4o3)c(O)c2)c1. The van der Waals surface area contributed by atoms with Crippen LogP contribution in [-0.4, -0.2) is 21.4 Å². The Labute approximate surface area is 156 Å². The highest BCUT2D eigenvalue weighted by atomic mass is 16.3. The van der Waals surface area contributed by atoms with E-state index in [4.69, 9.17) is 4.42 Å². The molecule has 0 aliphatic rings. The molecular weight excluding hydrogens is 340 g/mol. The second kappa shape index (κ2) is 6.61. The summed E-state index contributed by atoms with van der Waals surface area (Å²) in [5.74, 6) is 0.549. The molecule has 2 N–H and O–H groups in total. The number of fused-ring (bicyclic) bond motifs is 1. The molecule has 0 amide bonds. The number of aromatic nitrogens is 1. The van der Waals surface area contributed by atoms with Gasteiger partial charge in [0.25, 0.3) is 0 Å². The van der Waals surface area contributed by atoms with Crippen molar-refractivity contribution in [1.29, 1.82) is 0 Å². The summed E-state index contributed by atoms with van der Waals surface area (Å²) >= 11 is 0. The van der Waals surface area contributed by atoms with E-state index < -0.39 is 0 Å². The maximum atomic E-state index is 10.4. The Bertz CT molecular complexity index is 1180. The van der Waals surface area contributed by atoms with Gasteiger partial charge in [-0.3, -0.25) is 4.99 Å². The summed E-state index contributed by atoms with van der Waals surface area (Å²) in [6, 6.07) is 16.1. The number of benzene rings is 3. The minimum absolute atomic E-state index is 0.0291. The summed E-state index contributed by atoms with van der Waals surface area (Å²) in [4.78, 5) is 8.76. The molecule has 0 atom stereocenters. The van der Waals surface area contributed by atoms with E-state index in [1.807, 2.05) is 44.2 Å². The molecule has 27 heavy (non-hydrogen) atoms. The zero-order valence-corrected chi connectivity index (χ0v) is 15.0. The molecule has 134 valence electrons. The third-order valence-electron chi connectivity index (χ3n) is 4.29. The summed E-state index contributed by atoms with van der Waals surface area (Å²) in [6.45, 7) is 3.93. The molecule has 5 nitrogen and oxygen atoms in total. The largest absolute Gasteiger partial charge is 0.507 e. The van der Waals surface area contributed by atoms with Crippen LogP contribution in [0.15, 0.2) is 64.0 Å². The van der Waals surface area contributed by atoms with Crippen LogP contribution in [0.2, 0.25) is 0 Å². The predicted molar refractivity (Wildman–Crippen MR) is 106 cm³/mol. The number of aliphatic imine (C=N–C) groups is 1. The summed E-state index contributed by atoms with van der Waals surface area (Å²) in [5.41, 5.74) is 5.21. The Morgan fingerprint density at radius 1 is 0.889 bits per heavy atom. The molecule has 3 aromatic carbocycles. The molecule has 0 unspecified atom stereocenters. The van der Waals surface area contributed by atoms with Crippen molar-refractivity contribution in [2.75, 3.05) is 0 Å². The van der Waals surface area contributed by atoms with Crippen molar-refractivity contribution in [2.24, 2.45) is 4.99 Å². The maximum Gasteiger partial charge on any atom is 0.231 e. The lowest BCUT2D eigenvalue weighted by atomic mass is 10.1. The van der Waals surface area contributed by atoms with Crippen LogP contribution in [0.5, 0.6) is 11.5 Å². The highest BCUT2D eigenvalue weighted by molar-refractivity contribution is 5.86. The number of nitrogens with zero attached hydrogens (tertiary/aromatic N) is 2. The fraction of sp³-hybridized carbons (Fsp3) is 0.0909.